The topological polar surface area (TPSA) is 4.93 Å². The average Bonchev–Trinajstić information content (AvgIpc) is 2.90. The third-order valence-corrected chi connectivity index (χ3v) is 22.6. The first-order chi connectivity index (χ1) is 41.6. The normalized spacial score (nSPS) is 12.4. The number of rotatable bonds is 10. The molecule has 0 radical (unpaired) electrons. The summed E-state index contributed by atoms with van der Waals surface area (Å²) in [6, 6.07) is 124. The molecule has 0 N–H and O–H groups in total. The summed E-state index contributed by atoms with van der Waals surface area (Å²) < 4.78 is 2.53. The van der Waals surface area contributed by atoms with Gasteiger partial charge in [-0.15, -0.1) is 0 Å². The lowest BCUT2D eigenvalue weighted by molar-refractivity contribution is 1.18. The van der Waals surface area contributed by atoms with Gasteiger partial charge in [-0.1, -0.05) is 297 Å². The SMILES string of the molecule is c1ccc(-c2ccc(-c3ccc(-c4ccc5c(c4)c4cc(-c6ccc(-c7ccc(-c8ccccc8)cc7)cc6)ccc4n5-c4ccc5c(c4)[Si](c4ccccc4)(c4ccccc4)c4cc(-c6cccc7ccccc67)ccc4-5)cc3)cc2)cc1. The Kier molecular flexibility index (Phi) is 12.0. The second-order valence-corrected chi connectivity index (χ2v) is 26.1. The van der Waals surface area contributed by atoms with Crippen LogP contribution in [0.25, 0.3) is 127 Å². The van der Waals surface area contributed by atoms with Gasteiger partial charge in [-0.3, -0.25) is 0 Å². The Morgan fingerprint density at radius 1 is 0.202 bits per heavy atom. The predicted molar refractivity (Wildman–Crippen MR) is 359 cm³/mol. The van der Waals surface area contributed by atoms with Gasteiger partial charge in [0.2, 0.25) is 0 Å². The Morgan fingerprint density at radius 2 is 0.548 bits per heavy atom. The number of hydrogen-bond acceptors (Lipinski definition) is 0. The molecule has 2 heteroatoms. The lowest BCUT2D eigenvalue weighted by Crippen LogP contribution is -2.72. The van der Waals surface area contributed by atoms with Crippen LogP contribution in [-0.2, 0) is 0 Å². The van der Waals surface area contributed by atoms with E-state index in [4.69, 9.17) is 0 Å². The van der Waals surface area contributed by atoms with Crippen LogP contribution in [0.1, 0.15) is 0 Å². The van der Waals surface area contributed by atoms with E-state index in [-0.39, 0.29) is 0 Å². The summed E-state index contributed by atoms with van der Waals surface area (Å²) in [4.78, 5) is 0. The highest BCUT2D eigenvalue weighted by atomic mass is 28.3. The summed E-state index contributed by atoms with van der Waals surface area (Å²) in [6.07, 6.45) is 0. The van der Waals surface area contributed by atoms with Gasteiger partial charge in [0.05, 0.1) is 11.0 Å². The minimum Gasteiger partial charge on any atom is -0.309 e. The predicted octanol–water partition coefficient (Wildman–Crippen LogP) is 19.0. The van der Waals surface area contributed by atoms with E-state index < -0.39 is 8.07 Å². The van der Waals surface area contributed by atoms with Crippen LogP contribution in [0.4, 0.5) is 0 Å². The zero-order chi connectivity index (χ0) is 55.6. The lowest BCUT2D eigenvalue weighted by atomic mass is 9.96. The van der Waals surface area contributed by atoms with Crippen LogP contribution in [0.3, 0.4) is 0 Å². The highest BCUT2D eigenvalue weighted by Crippen LogP contribution is 2.41. The molecule has 15 aromatic rings. The Balaban J connectivity index is 0.844. The average molecular weight is 1080 g/mol. The first-order valence-corrected chi connectivity index (χ1v) is 31.1. The van der Waals surface area contributed by atoms with Gasteiger partial charge in [0, 0.05) is 16.5 Å². The largest absolute Gasteiger partial charge is 0.309 e. The molecule has 0 spiro atoms. The van der Waals surface area contributed by atoms with Crippen LogP contribution < -0.4 is 20.7 Å². The molecule has 84 heavy (non-hydrogen) atoms. The van der Waals surface area contributed by atoms with Crippen molar-refractivity contribution in [1.29, 1.82) is 0 Å². The maximum Gasteiger partial charge on any atom is 0.180 e. The fraction of sp³-hybridized carbons (Fsp3) is 0. The van der Waals surface area contributed by atoms with E-state index in [1.54, 1.807) is 0 Å². The highest BCUT2D eigenvalue weighted by Gasteiger charge is 2.49. The van der Waals surface area contributed by atoms with Crippen molar-refractivity contribution in [2.24, 2.45) is 0 Å². The summed E-state index contributed by atoms with van der Waals surface area (Å²) in [6.45, 7) is 0. The molecule has 392 valence electrons. The molecule has 0 saturated carbocycles. The lowest BCUT2D eigenvalue weighted by Gasteiger charge is -2.32. The van der Waals surface area contributed by atoms with E-state index in [0.29, 0.717) is 0 Å². The number of benzene rings is 14. The van der Waals surface area contributed by atoms with E-state index in [1.807, 2.05) is 0 Å². The maximum absolute atomic E-state index is 2.95. The second kappa shape index (κ2) is 20.4. The zero-order valence-corrected chi connectivity index (χ0v) is 47.2. The molecule has 14 aromatic carbocycles. The molecule has 16 rings (SSSR count). The highest BCUT2D eigenvalue weighted by molar-refractivity contribution is 7.22. The van der Waals surface area contributed by atoms with E-state index in [9.17, 15) is 0 Å². The van der Waals surface area contributed by atoms with E-state index in [1.165, 1.54) is 142 Å². The zero-order valence-electron chi connectivity index (χ0n) is 46.2. The van der Waals surface area contributed by atoms with Crippen molar-refractivity contribution in [1.82, 2.24) is 4.57 Å². The monoisotopic (exact) mass is 1080 g/mol. The van der Waals surface area contributed by atoms with Crippen molar-refractivity contribution in [3.05, 3.63) is 334 Å². The summed E-state index contributed by atoms with van der Waals surface area (Å²) in [5.74, 6) is 0. The molecule has 0 fully saturated rings. The third-order valence-electron chi connectivity index (χ3n) is 17.7. The summed E-state index contributed by atoms with van der Waals surface area (Å²) >= 11 is 0. The van der Waals surface area contributed by atoms with Gasteiger partial charge in [-0.25, -0.2) is 0 Å². The van der Waals surface area contributed by atoms with Gasteiger partial charge in [-0.2, -0.15) is 0 Å². The molecular formula is C82H55NSi. The van der Waals surface area contributed by atoms with Gasteiger partial charge in [0.1, 0.15) is 0 Å². The minimum atomic E-state index is -2.95. The molecule has 1 aliphatic rings. The van der Waals surface area contributed by atoms with Gasteiger partial charge in [-0.05, 0) is 157 Å². The standard InChI is InChI=1S/C82H55NSi/c1-5-16-56(17-6-1)58-28-32-60(33-29-58)62-36-40-64(41-37-62)67-45-50-79-77(52-67)78-53-68(65-42-38-63(39-43-65)61-34-30-59(31-35-61)57-18-7-2-8-19-57)46-51-80(78)83(79)70-47-49-76-75-48-44-69(74-27-15-21-66-20-13-14-26-73(66)74)54-81(75)84(82(76)55-70,71-22-9-3-10-23-71)72-24-11-4-12-25-72/h1-55H. The molecule has 0 saturated heterocycles. The number of fused-ring (bicyclic) bond motifs is 7. The molecule has 1 nitrogen and oxygen atoms in total. The summed E-state index contributed by atoms with van der Waals surface area (Å²) in [7, 11) is -2.95. The summed E-state index contributed by atoms with van der Waals surface area (Å²) in [5, 5.41) is 10.6. The number of hydrogen-bond donors (Lipinski definition) is 0. The van der Waals surface area contributed by atoms with Crippen LogP contribution in [-0.4, -0.2) is 12.6 Å². The van der Waals surface area contributed by atoms with Crippen LogP contribution in [0.5, 0.6) is 0 Å². The van der Waals surface area contributed by atoms with Gasteiger partial charge in [0.15, 0.2) is 8.07 Å². The van der Waals surface area contributed by atoms with Crippen LogP contribution in [0, 0.1) is 0 Å². The fourth-order valence-electron chi connectivity index (χ4n) is 13.6. The first kappa shape index (κ1) is 49.2. The van der Waals surface area contributed by atoms with Crippen molar-refractivity contribution in [3.8, 4) is 94.7 Å². The van der Waals surface area contributed by atoms with Gasteiger partial charge < -0.3 is 4.57 Å². The van der Waals surface area contributed by atoms with Gasteiger partial charge in [0.25, 0.3) is 0 Å². The molecule has 0 atom stereocenters. The second-order valence-electron chi connectivity index (χ2n) is 22.3. The minimum absolute atomic E-state index is 1.16. The molecule has 1 aliphatic heterocycles. The molecule has 0 unspecified atom stereocenters. The van der Waals surface area contributed by atoms with Crippen molar-refractivity contribution in [2.75, 3.05) is 0 Å². The van der Waals surface area contributed by atoms with Crippen LogP contribution in [0.2, 0.25) is 0 Å². The smallest absolute Gasteiger partial charge is 0.180 e. The number of nitrogens with zero attached hydrogens (tertiary/aromatic N) is 1. The Labute approximate surface area is 491 Å². The fourth-order valence-corrected chi connectivity index (χ4v) is 18.8. The first-order valence-electron chi connectivity index (χ1n) is 29.1. The van der Waals surface area contributed by atoms with Crippen molar-refractivity contribution in [3.63, 3.8) is 0 Å². The number of aromatic nitrogens is 1. The molecule has 1 aromatic heterocycles. The molecule has 0 bridgehead atoms. The van der Waals surface area contributed by atoms with Crippen molar-refractivity contribution < 1.29 is 0 Å². The maximum atomic E-state index is 2.57. The third kappa shape index (κ3) is 8.29. The van der Waals surface area contributed by atoms with Crippen LogP contribution >= 0.6 is 0 Å². The Bertz CT molecular complexity index is 4700. The Morgan fingerprint density at radius 3 is 1.01 bits per heavy atom. The summed E-state index contributed by atoms with van der Waals surface area (Å²) in [5.41, 5.74) is 23.1. The Hall–Kier alpha value is -10.6. The molecule has 2 heterocycles. The quantitative estimate of drug-likeness (QED) is 0.120. The molecular weight excluding hydrogens is 1030 g/mol. The van der Waals surface area contributed by atoms with E-state index in [0.717, 1.165) is 5.69 Å². The van der Waals surface area contributed by atoms with Crippen molar-refractivity contribution >= 4 is 61.4 Å². The van der Waals surface area contributed by atoms with E-state index >= 15 is 0 Å². The van der Waals surface area contributed by atoms with Crippen molar-refractivity contribution in [2.45, 2.75) is 0 Å². The van der Waals surface area contributed by atoms with E-state index in [2.05, 4.69) is 338 Å². The van der Waals surface area contributed by atoms with Crippen LogP contribution in [0.15, 0.2) is 334 Å². The molecule has 0 aliphatic carbocycles. The van der Waals surface area contributed by atoms with Gasteiger partial charge >= 0.3 is 0 Å². The molecule has 0 amide bonds.